The van der Waals surface area contributed by atoms with Crippen molar-refractivity contribution in [1.29, 1.82) is 0 Å². The largest absolute Gasteiger partial charge is 0.394 e. The maximum atomic E-state index is 14.8. The third-order valence-corrected chi connectivity index (χ3v) is 4.54. The van der Waals surface area contributed by atoms with E-state index in [0.29, 0.717) is 11.4 Å². The monoisotopic (exact) mass is 426 g/mol. The fourth-order valence-electron chi connectivity index (χ4n) is 3.05. The number of aliphatic hydroxyl groups excluding tert-OH is 2. The molecular weight excluding hydrogens is 399 g/mol. The number of nitrogen functional groups attached to an aromatic ring is 1. The van der Waals surface area contributed by atoms with Crippen LogP contribution in [0.15, 0.2) is 54.7 Å². The number of hydrogen-bond donors (Lipinski definition) is 5. The van der Waals surface area contributed by atoms with Gasteiger partial charge in [0.1, 0.15) is 0 Å². The molecule has 3 aromatic rings. The standard InChI is InChI=1S/C22H27FN6O2/c1-14(12-30)26-16-5-3-7-18(9-16)29(21-20(23)11-25-22(24)28-21)19-8-4-6-17(10-19)27-15(2)13-31/h3-11,14-15,26-27,30-31H,12-13H2,1-2H3,(H2,24,25,28). The molecule has 0 spiro atoms. The molecule has 0 bridgehead atoms. The predicted molar refractivity (Wildman–Crippen MR) is 121 cm³/mol. The van der Waals surface area contributed by atoms with Crippen molar-refractivity contribution in [3.05, 3.63) is 60.5 Å². The van der Waals surface area contributed by atoms with E-state index >= 15 is 0 Å². The lowest BCUT2D eigenvalue weighted by Gasteiger charge is -2.26. The van der Waals surface area contributed by atoms with Crippen molar-refractivity contribution in [1.82, 2.24) is 9.97 Å². The quantitative estimate of drug-likeness (QED) is 0.354. The summed E-state index contributed by atoms with van der Waals surface area (Å²) in [4.78, 5) is 9.50. The van der Waals surface area contributed by atoms with Crippen LogP contribution in [0.2, 0.25) is 0 Å². The van der Waals surface area contributed by atoms with Crippen LogP contribution in [0.4, 0.5) is 38.9 Å². The minimum absolute atomic E-state index is 0.00668. The highest BCUT2D eigenvalue weighted by atomic mass is 19.1. The summed E-state index contributed by atoms with van der Waals surface area (Å²) < 4.78 is 14.8. The van der Waals surface area contributed by atoms with Gasteiger partial charge in [-0.1, -0.05) is 12.1 Å². The number of benzene rings is 2. The van der Waals surface area contributed by atoms with Gasteiger partial charge >= 0.3 is 0 Å². The SMILES string of the molecule is CC(CO)Nc1cccc(N(c2cccc(NC(C)CO)c2)c2nc(N)ncc2F)c1. The number of halogens is 1. The van der Waals surface area contributed by atoms with E-state index in [0.717, 1.165) is 17.6 Å². The van der Waals surface area contributed by atoms with Crippen molar-refractivity contribution in [2.45, 2.75) is 25.9 Å². The van der Waals surface area contributed by atoms with E-state index in [1.54, 1.807) is 4.90 Å². The number of rotatable bonds is 9. The van der Waals surface area contributed by atoms with Crippen LogP contribution in [0.1, 0.15) is 13.8 Å². The number of aromatic nitrogens is 2. The number of nitrogens with zero attached hydrogens (tertiary/aromatic N) is 3. The fraction of sp³-hybridized carbons (Fsp3) is 0.273. The van der Waals surface area contributed by atoms with Crippen LogP contribution >= 0.6 is 0 Å². The highest BCUT2D eigenvalue weighted by Gasteiger charge is 2.20. The Labute approximate surface area is 180 Å². The summed E-state index contributed by atoms with van der Waals surface area (Å²) in [6.45, 7) is 3.66. The van der Waals surface area contributed by atoms with Gasteiger partial charge in [-0.2, -0.15) is 4.98 Å². The van der Waals surface area contributed by atoms with E-state index < -0.39 is 5.82 Å². The molecule has 2 atom stereocenters. The summed E-state index contributed by atoms with van der Waals surface area (Å²) in [5, 5.41) is 25.1. The lowest BCUT2D eigenvalue weighted by Crippen LogP contribution is -2.20. The molecular formula is C22H27FN6O2. The van der Waals surface area contributed by atoms with Crippen LogP contribution in [-0.2, 0) is 0 Å². The molecule has 0 fully saturated rings. The summed E-state index contributed by atoms with van der Waals surface area (Å²) in [5.41, 5.74) is 8.55. The highest BCUT2D eigenvalue weighted by molar-refractivity contribution is 5.78. The lowest BCUT2D eigenvalue weighted by molar-refractivity contribution is 0.281. The first kappa shape index (κ1) is 22.3. The molecule has 2 aromatic carbocycles. The summed E-state index contributed by atoms with van der Waals surface area (Å²) in [6.07, 6.45) is 1.04. The Morgan fingerprint density at radius 3 is 1.97 bits per heavy atom. The number of nitrogens with one attached hydrogen (secondary N) is 2. The minimum Gasteiger partial charge on any atom is -0.394 e. The van der Waals surface area contributed by atoms with Crippen LogP contribution in [-0.4, -0.2) is 45.5 Å². The average Bonchev–Trinajstić information content (AvgIpc) is 2.76. The Morgan fingerprint density at radius 1 is 0.968 bits per heavy atom. The van der Waals surface area contributed by atoms with Crippen LogP contribution in [0.5, 0.6) is 0 Å². The van der Waals surface area contributed by atoms with E-state index in [-0.39, 0.29) is 37.1 Å². The molecule has 3 rings (SSSR count). The Kier molecular flexibility index (Phi) is 7.22. The molecule has 0 aliphatic rings. The summed E-state index contributed by atoms with van der Waals surface area (Å²) in [6, 6.07) is 14.4. The first-order chi connectivity index (χ1) is 14.9. The zero-order valence-corrected chi connectivity index (χ0v) is 17.5. The Bertz CT molecular complexity index is 963. The molecule has 8 nitrogen and oxygen atoms in total. The van der Waals surface area contributed by atoms with E-state index in [9.17, 15) is 14.6 Å². The molecule has 0 aliphatic carbocycles. The number of nitrogens with two attached hydrogens (primary N) is 1. The van der Waals surface area contributed by atoms with Crippen molar-refractivity contribution >= 4 is 34.5 Å². The molecule has 1 aromatic heterocycles. The number of aliphatic hydroxyl groups is 2. The second-order valence-electron chi connectivity index (χ2n) is 7.29. The van der Waals surface area contributed by atoms with Gasteiger partial charge in [-0.05, 0) is 50.2 Å². The summed E-state index contributed by atoms with van der Waals surface area (Å²) in [5.74, 6) is -0.668. The topological polar surface area (TPSA) is 120 Å². The maximum absolute atomic E-state index is 14.8. The van der Waals surface area contributed by atoms with Crippen LogP contribution in [0, 0.1) is 5.82 Å². The molecule has 164 valence electrons. The smallest absolute Gasteiger partial charge is 0.222 e. The maximum Gasteiger partial charge on any atom is 0.222 e. The van der Waals surface area contributed by atoms with E-state index in [4.69, 9.17) is 5.73 Å². The van der Waals surface area contributed by atoms with Crippen molar-refractivity contribution in [2.24, 2.45) is 0 Å². The number of hydrogen-bond acceptors (Lipinski definition) is 8. The first-order valence-electron chi connectivity index (χ1n) is 9.94. The van der Waals surface area contributed by atoms with Crippen molar-refractivity contribution < 1.29 is 14.6 Å². The minimum atomic E-state index is -0.627. The third kappa shape index (κ3) is 5.59. The molecule has 1 heterocycles. The molecule has 0 saturated carbocycles. The van der Waals surface area contributed by atoms with Crippen LogP contribution in [0.3, 0.4) is 0 Å². The second-order valence-corrected chi connectivity index (χ2v) is 7.29. The summed E-state index contributed by atoms with van der Waals surface area (Å²) >= 11 is 0. The van der Waals surface area contributed by atoms with Gasteiger partial charge in [-0.25, -0.2) is 9.37 Å². The van der Waals surface area contributed by atoms with Gasteiger partial charge in [-0.15, -0.1) is 0 Å². The van der Waals surface area contributed by atoms with Gasteiger partial charge in [0.2, 0.25) is 5.95 Å². The fourth-order valence-corrected chi connectivity index (χ4v) is 3.05. The molecule has 31 heavy (non-hydrogen) atoms. The van der Waals surface area contributed by atoms with Gasteiger partial charge in [0.05, 0.1) is 19.4 Å². The van der Waals surface area contributed by atoms with Gasteiger partial charge in [0, 0.05) is 34.8 Å². The van der Waals surface area contributed by atoms with E-state index in [1.807, 2.05) is 62.4 Å². The molecule has 6 N–H and O–H groups in total. The summed E-state index contributed by atoms with van der Waals surface area (Å²) in [7, 11) is 0. The molecule has 9 heteroatoms. The zero-order chi connectivity index (χ0) is 22.4. The van der Waals surface area contributed by atoms with Gasteiger partial charge in [0.25, 0.3) is 0 Å². The second kappa shape index (κ2) is 10.1. The molecule has 0 radical (unpaired) electrons. The predicted octanol–water partition coefficient (Wildman–Crippen LogP) is 3.25. The Balaban J connectivity index is 2.10. The highest BCUT2D eigenvalue weighted by Crippen LogP contribution is 2.37. The normalized spacial score (nSPS) is 12.8. The van der Waals surface area contributed by atoms with E-state index in [1.165, 1.54) is 0 Å². The molecule has 0 saturated heterocycles. The molecule has 2 unspecified atom stereocenters. The van der Waals surface area contributed by atoms with Gasteiger partial charge in [0.15, 0.2) is 11.6 Å². The lowest BCUT2D eigenvalue weighted by atomic mass is 10.2. The molecule has 0 aliphatic heterocycles. The van der Waals surface area contributed by atoms with Crippen molar-refractivity contribution in [3.63, 3.8) is 0 Å². The van der Waals surface area contributed by atoms with Crippen molar-refractivity contribution in [3.8, 4) is 0 Å². The first-order valence-corrected chi connectivity index (χ1v) is 9.94. The Morgan fingerprint density at radius 2 is 1.48 bits per heavy atom. The Hall–Kier alpha value is -3.43. The number of anilines is 6. The zero-order valence-electron chi connectivity index (χ0n) is 17.5. The third-order valence-electron chi connectivity index (χ3n) is 4.54. The van der Waals surface area contributed by atoms with Crippen LogP contribution < -0.4 is 21.3 Å². The average molecular weight is 426 g/mol. The van der Waals surface area contributed by atoms with Crippen molar-refractivity contribution in [2.75, 3.05) is 34.5 Å². The van der Waals surface area contributed by atoms with Crippen LogP contribution in [0.25, 0.3) is 0 Å². The van der Waals surface area contributed by atoms with E-state index in [2.05, 4.69) is 20.6 Å². The van der Waals surface area contributed by atoms with Gasteiger partial charge in [-0.3, -0.25) is 4.90 Å². The van der Waals surface area contributed by atoms with Gasteiger partial charge < -0.3 is 26.6 Å². The molecule has 0 amide bonds.